The highest BCUT2D eigenvalue weighted by Gasteiger charge is 2.37. The predicted octanol–water partition coefficient (Wildman–Crippen LogP) is 4.80. The highest BCUT2D eigenvalue weighted by molar-refractivity contribution is 7.92. The quantitative estimate of drug-likeness (QED) is 0.125. The molecule has 2 aromatic heterocycles. The molecule has 4 aliphatic rings. The molecule has 5 N–H and O–H groups in total. The number of carbonyl (C=O) groups is 2. The number of hydrogen-bond acceptors (Lipinski definition) is 12. The smallest absolute Gasteiger partial charge is 0.236 e. The van der Waals surface area contributed by atoms with E-state index in [4.69, 9.17) is 19.0 Å². The summed E-state index contributed by atoms with van der Waals surface area (Å²) in [5, 5.41) is 2.36. The first-order valence-electron chi connectivity index (χ1n) is 20.2. The van der Waals surface area contributed by atoms with Crippen LogP contribution in [0.2, 0.25) is 0 Å². The van der Waals surface area contributed by atoms with Crippen LogP contribution in [-0.4, -0.2) is 92.0 Å². The van der Waals surface area contributed by atoms with Crippen LogP contribution in [-0.2, 0) is 67.9 Å². The van der Waals surface area contributed by atoms with Crippen molar-refractivity contribution in [2.45, 2.75) is 81.8 Å². The van der Waals surface area contributed by atoms with E-state index in [-0.39, 0.29) is 35.2 Å². The van der Waals surface area contributed by atoms with Crippen molar-refractivity contribution in [3.63, 3.8) is 0 Å². The van der Waals surface area contributed by atoms with Crippen molar-refractivity contribution in [3.05, 3.63) is 94.3 Å². The van der Waals surface area contributed by atoms with Crippen molar-refractivity contribution in [2.75, 3.05) is 40.4 Å². The van der Waals surface area contributed by atoms with Crippen molar-refractivity contribution in [1.82, 2.24) is 29.6 Å². The maximum absolute atomic E-state index is 12.9. The van der Waals surface area contributed by atoms with Crippen LogP contribution in [0.4, 0.5) is 0 Å². The van der Waals surface area contributed by atoms with Gasteiger partial charge in [0.2, 0.25) is 23.6 Å². The predicted molar refractivity (Wildman–Crippen MR) is 229 cm³/mol. The molecule has 2 atom stereocenters. The number of likely N-dealkylation sites (tertiary alicyclic amines) is 1. The fraction of sp³-hybridized carbons (Fsp3) is 0.442. The van der Waals surface area contributed by atoms with Gasteiger partial charge in [0.15, 0.2) is 0 Å². The number of nitrogens with zero attached hydrogens (tertiary/aromatic N) is 3. The lowest BCUT2D eigenvalue weighted by Crippen LogP contribution is -2.59. The molecule has 2 aliphatic heterocycles. The molecule has 4 aromatic rings. The summed E-state index contributed by atoms with van der Waals surface area (Å²) in [5.41, 5.74) is 10.6. The molecule has 2 saturated heterocycles. The van der Waals surface area contributed by atoms with Gasteiger partial charge >= 0.3 is 0 Å². The van der Waals surface area contributed by atoms with Gasteiger partial charge in [-0.15, -0.1) is 0 Å². The van der Waals surface area contributed by atoms with Gasteiger partial charge in [0.05, 0.1) is 37.6 Å². The first-order chi connectivity index (χ1) is 28.3. The number of amides is 2. The van der Waals surface area contributed by atoms with Gasteiger partial charge in [-0.2, -0.15) is 0 Å². The molecule has 0 radical (unpaired) electrons. The molecule has 14 nitrogen and oxygen atoms in total. The average Bonchev–Trinajstić information content (AvgIpc) is 3.84. The first kappa shape index (κ1) is 42.2. The molecule has 59 heavy (non-hydrogen) atoms. The second kappa shape index (κ2) is 17.8. The molecule has 4 heterocycles. The SMILES string of the molecule is COc1cc(-c2ccc3c(c2CC(=O)NS(=N)(=O)C2CN(C(C)C)C2)CCC3)ccn1.COc1cc(-c2ccc3c(c2CC(=O)NS(=N)(=O)C2CNC2)CCC3)ccn1. The highest BCUT2D eigenvalue weighted by atomic mass is 32.2. The Bertz CT molecular complexity index is 2450. The van der Waals surface area contributed by atoms with Gasteiger partial charge in [0.25, 0.3) is 0 Å². The summed E-state index contributed by atoms with van der Waals surface area (Å²) >= 11 is 0. The maximum Gasteiger partial charge on any atom is 0.236 e. The number of nitrogens with one attached hydrogen (secondary N) is 5. The normalized spacial score (nSPS) is 18.2. The first-order valence-corrected chi connectivity index (χ1v) is 23.4. The molecular formula is C43H54N8O6S2. The standard InChI is InChI=1S/C23H30N4O3S.C20H24N4O3S/c1-15(2)27-13-18(14-27)31(24,29)26-22(28)12-21-19-6-4-5-16(19)7-8-20(21)17-9-10-25-23(11-17)30-3;1-27-20-9-14(7-8-23-20)17-6-5-13-3-2-4-16(13)18(17)10-19(25)24-28(21,26)15-11-22-12-15/h7-11,15,18H,4-6,12-14H2,1-3H3,(H2,24,26,28,29);5-9,15,22H,2-4,10-12H2,1H3,(H2,21,24,25,26). The van der Waals surface area contributed by atoms with Crippen LogP contribution in [0.3, 0.4) is 0 Å². The van der Waals surface area contributed by atoms with E-state index in [1.807, 2.05) is 36.4 Å². The number of rotatable bonds is 13. The summed E-state index contributed by atoms with van der Waals surface area (Å²) in [7, 11) is -3.17. The Morgan fingerprint density at radius 2 is 1.20 bits per heavy atom. The monoisotopic (exact) mass is 842 g/mol. The van der Waals surface area contributed by atoms with Gasteiger partial charge in [-0.1, -0.05) is 24.3 Å². The van der Waals surface area contributed by atoms with E-state index in [1.165, 1.54) is 22.3 Å². The Balaban J connectivity index is 0.000000180. The highest BCUT2D eigenvalue weighted by Crippen LogP contribution is 2.36. The Hall–Kier alpha value is -4.90. The zero-order valence-corrected chi connectivity index (χ0v) is 35.7. The van der Waals surface area contributed by atoms with Crippen LogP contribution in [0.25, 0.3) is 22.3 Å². The lowest BCUT2D eigenvalue weighted by molar-refractivity contribution is -0.119. The fourth-order valence-electron chi connectivity index (χ4n) is 8.30. The molecule has 2 aliphatic carbocycles. The van der Waals surface area contributed by atoms with Crippen LogP contribution in [0.15, 0.2) is 60.9 Å². The maximum atomic E-state index is 12.9. The Morgan fingerprint density at radius 1 is 0.746 bits per heavy atom. The summed E-state index contributed by atoms with van der Waals surface area (Å²) in [6, 6.07) is 16.2. The van der Waals surface area contributed by atoms with Gasteiger partial charge in [0, 0.05) is 56.7 Å². The van der Waals surface area contributed by atoms with E-state index in [9.17, 15) is 18.0 Å². The molecular weight excluding hydrogens is 789 g/mol. The van der Waals surface area contributed by atoms with Gasteiger partial charge in [-0.25, -0.2) is 27.9 Å². The Morgan fingerprint density at radius 3 is 1.61 bits per heavy atom. The lowest BCUT2D eigenvalue weighted by Gasteiger charge is -2.42. The molecule has 8 rings (SSSR count). The molecule has 16 heteroatoms. The fourth-order valence-corrected chi connectivity index (χ4v) is 11.0. The van der Waals surface area contributed by atoms with Crippen LogP contribution < -0.4 is 24.2 Å². The number of methoxy groups -OCH3 is 2. The summed E-state index contributed by atoms with van der Waals surface area (Å²) in [4.78, 5) is 36.1. The van der Waals surface area contributed by atoms with Gasteiger partial charge in [0.1, 0.15) is 19.8 Å². The molecule has 0 saturated carbocycles. The summed E-state index contributed by atoms with van der Waals surface area (Å²) < 4.78 is 57.3. The minimum Gasteiger partial charge on any atom is -0.481 e. The Labute approximate surface area is 347 Å². The molecule has 2 fully saturated rings. The van der Waals surface area contributed by atoms with E-state index in [0.29, 0.717) is 44.0 Å². The summed E-state index contributed by atoms with van der Waals surface area (Å²) in [5.74, 6) is 0.308. The van der Waals surface area contributed by atoms with E-state index in [2.05, 4.69) is 55.6 Å². The third-order valence-electron chi connectivity index (χ3n) is 11.8. The Kier molecular flexibility index (Phi) is 12.7. The van der Waals surface area contributed by atoms with Gasteiger partial charge in [-0.3, -0.25) is 23.9 Å². The molecule has 2 amide bonds. The second-order valence-electron chi connectivity index (χ2n) is 15.9. The molecule has 0 bridgehead atoms. The molecule has 2 unspecified atom stereocenters. The number of fused-ring (bicyclic) bond motifs is 2. The third-order valence-corrected chi connectivity index (χ3v) is 15.4. The molecule has 0 spiro atoms. The number of hydrogen-bond donors (Lipinski definition) is 5. The number of ether oxygens (including phenoxy) is 2. The lowest BCUT2D eigenvalue weighted by atomic mass is 9.91. The number of aromatic nitrogens is 2. The van der Waals surface area contributed by atoms with Crippen molar-refractivity contribution in [2.24, 2.45) is 0 Å². The largest absolute Gasteiger partial charge is 0.481 e. The number of pyridine rings is 2. The number of carbonyl (C=O) groups excluding carboxylic acids is 2. The van der Waals surface area contributed by atoms with Crippen LogP contribution in [0, 0.1) is 9.56 Å². The van der Waals surface area contributed by atoms with Crippen molar-refractivity contribution in [1.29, 1.82) is 9.56 Å². The zero-order chi connectivity index (χ0) is 41.9. The molecule has 314 valence electrons. The van der Waals surface area contributed by atoms with Gasteiger partial charge < -0.3 is 14.8 Å². The zero-order valence-electron chi connectivity index (χ0n) is 34.1. The average molecular weight is 843 g/mol. The van der Waals surface area contributed by atoms with E-state index in [0.717, 1.165) is 71.9 Å². The van der Waals surface area contributed by atoms with E-state index in [1.54, 1.807) is 26.6 Å². The van der Waals surface area contributed by atoms with Crippen LogP contribution in [0.1, 0.15) is 60.1 Å². The van der Waals surface area contributed by atoms with Crippen LogP contribution >= 0.6 is 0 Å². The third kappa shape index (κ3) is 9.45. The topological polar surface area (TPSA) is 200 Å². The summed E-state index contributed by atoms with van der Waals surface area (Å²) in [6.07, 6.45) is 9.60. The second-order valence-corrected chi connectivity index (χ2v) is 20.0. The van der Waals surface area contributed by atoms with Crippen molar-refractivity contribution >= 4 is 31.6 Å². The van der Waals surface area contributed by atoms with Gasteiger partial charge in [-0.05, 0) is 120 Å². The number of benzene rings is 2. The molecule has 2 aromatic carbocycles. The minimum atomic E-state index is -3.18. The number of aryl methyl sites for hydroxylation is 2. The van der Waals surface area contributed by atoms with Crippen LogP contribution in [0.5, 0.6) is 11.8 Å². The van der Waals surface area contributed by atoms with E-state index < -0.39 is 19.8 Å². The minimum absolute atomic E-state index is 0.110. The van der Waals surface area contributed by atoms with E-state index >= 15 is 0 Å². The summed E-state index contributed by atoms with van der Waals surface area (Å²) in [6.45, 7) is 6.33. The van der Waals surface area contributed by atoms with Crippen molar-refractivity contribution in [3.8, 4) is 34.0 Å². The van der Waals surface area contributed by atoms with Crippen molar-refractivity contribution < 1.29 is 27.5 Å².